The van der Waals surface area contributed by atoms with Crippen molar-refractivity contribution in [1.29, 1.82) is 0 Å². The van der Waals surface area contributed by atoms with E-state index in [-0.39, 0.29) is 6.61 Å². The molecule has 13 heavy (non-hydrogen) atoms. The molecule has 0 saturated carbocycles. The van der Waals surface area contributed by atoms with Crippen LogP contribution in [0.15, 0.2) is 0 Å². The fraction of sp³-hybridized carbons (Fsp3) is 1.00. The van der Waals surface area contributed by atoms with Crippen LogP contribution < -0.4 is 5.32 Å². The van der Waals surface area contributed by atoms with E-state index < -0.39 is 0 Å². The highest BCUT2D eigenvalue weighted by atomic mass is 16.5. The number of nitrogens with one attached hydrogen (secondary N) is 1. The van der Waals surface area contributed by atoms with Crippen LogP contribution >= 0.6 is 0 Å². The molecule has 2 N–H and O–H groups in total. The summed E-state index contributed by atoms with van der Waals surface area (Å²) in [6.45, 7) is 5.09. The minimum absolute atomic E-state index is 0.235. The summed E-state index contributed by atoms with van der Waals surface area (Å²) in [5.41, 5.74) is 0. The van der Waals surface area contributed by atoms with E-state index in [0.29, 0.717) is 25.9 Å². The molecule has 0 spiro atoms. The van der Waals surface area contributed by atoms with Crippen LogP contribution in [0.4, 0.5) is 0 Å². The zero-order chi connectivity index (χ0) is 9.94. The smallest absolute Gasteiger partial charge is 0.0700 e. The lowest BCUT2D eigenvalue weighted by Crippen LogP contribution is -2.30. The lowest BCUT2D eigenvalue weighted by molar-refractivity contribution is 0.0709. The summed E-state index contributed by atoms with van der Waals surface area (Å²) in [6.07, 6.45) is 0.790. The van der Waals surface area contributed by atoms with Gasteiger partial charge in [-0.15, -0.1) is 0 Å². The number of methoxy groups -OCH3 is 1. The minimum Gasteiger partial charge on any atom is -0.396 e. The summed E-state index contributed by atoms with van der Waals surface area (Å²) in [7, 11) is 1.66. The van der Waals surface area contributed by atoms with Gasteiger partial charge in [-0.25, -0.2) is 0 Å². The fourth-order valence-electron chi connectivity index (χ4n) is 0.918. The molecule has 0 saturated heterocycles. The first-order valence-electron chi connectivity index (χ1n) is 4.72. The Morgan fingerprint density at radius 1 is 1.31 bits per heavy atom. The molecule has 4 nitrogen and oxygen atoms in total. The van der Waals surface area contributed by atoms with Crippen molar-refractivity contribution in [2.24, 2.45) is 0 Å². The first kappa shape index (κ1) is 12.8. The standard InChI is InChI=1S/C9H21NO3/c1-9(3-5-11)10-4-6-13-8-7-12-2/h9-11H,3-8H2,1-2H3. The van der Waals surface area contributed by atoms with Gasteiger partial charge in [0.15, 0.2) is 0 Å². The van der Waals surface area contributed by atoms with Crippen molar-refractivity contribution in [2.75, 3.05) is 40.1 Å². The van der Waals surface area contributed by atoms with E-state index in [1.165, 1.54) is 0 Å². The Morgan fingerprint density at radius 3 is 2.69 bits per heavy atom. The maximum Gasteiger partial charge on any atom is 0.0700 e. The molecule has 0 aliphatic heterocycles. The second-order valence-electron chi connectivity index (χ2n) is 2.97. The van der Waals surface area contributed by atoms with E-state index in [1.807, 2.05) is 6.92 Å². The van der Waals surface area contributed by atoms with Gasteiger partial charge >= 0.3 is 0 Å². The fourth-order valence-corrected chi connectivity index (χ4v) is 0.918. The third-order valence-corrected chi connectivity index (χ3v) is 1.73. The van der Waals surface area contributed by atoms with Crippen molar-refractivity contribution in [3.63, 3.8) is 0 Å². The molecule has 0 radical (unpaired) electrons. The Bertz CT molecular complexity index is 101. The van der Waals surface area contributed by atoms with Crippen LogP contribution in [0.25, 0.3) is 0 Å². The molecule has 0 aromatic rings. The van der Waals surface area contributed by atoms with E-state index in [1.54, 1.807) is 7.11 Å². The van der Waals surface area contributed by atoms with Crippen LogP contribution in [0.2, 0.25) is 0 Å². The quantitative estimate of drug-likeness (QED) is 0.504. The predicted molar refractivity (Wildman–Crippen MR) is 51.9 cm³/mol. The molecule has 1 unspecified atom stereocenters. The van der Waals surface area contributed by atoms with Crippen molar-refractivity contribution in [3.8, 4) is 0 Å². The number of rotatable bonds is 9. The SMILES string of the molecule is COCCOCCNC(C)CCO. The van der Waals surface area contributed by atoms with Crippen LogP contribution in [0.5, 0.6) is 0 Å². The highest BCUT2D eigenvalue weighted by molar-refractivity contribution is 4.58. The number of aliphatic hydroxyl groups is 1. The molecule has 0 fully saturated rings. The van der Waals surface area contributed by atoms with Crippen molar-refractivity contribution < 1.29 is 14.6 Å². The maximum atomic E-state index is 8.62. The van der Waals surface area contributed by atoms with E-state index in [2.05, 4.69) is 5.32 Å². The highest BCUT2D eigenvalue weighted by Gasteiger charge is 1.98. The van der Waals surface area contributed by atoms with Gasteiger partial charge in [0.25, 0.3) is 0 Å². The van der Waals surface area contributed by atoms with Gasteiger partial charge in [0.2, 0.25) is 0 Å². The van der Waals surface area contributed by atoms with E-state index in [9.17, 15) is 0 Å². The molecule has 4 heteroatoms. The Hall–Kier alpha value is -0.160. The second-order valence-corrected chi connectivity index (χ2v) is 2.97. The summed E-state index contributed by atoms with van der Waals surface area (Å²) in [4.78, 5) is 0. The molecule has 0 heterocycles. The zero-order valence-electron chi connectivity index (χ0n) is 8.58. The zero-order valence-corrected chi connectivity index (χ0v) is 8.58. The van der Waals surface area contributed by atoms with E-state index >= 15 is 0 Å². The van der Waals surface area contributed by atoms with Crippen LogP contribution in [0.1, 0.15) is 13.3 Å². The number of hydrogen-bond acceptors (Lipinski definition) is 4. The second kappa shape index (κ2) is 9.92. The third-order valence-electron chi connectivity index (χ3n) is 1.73. The van der Waals surface area contributed by atoms with Gasteiger partial charge in [-0.2, -0.15) is 0 Å². The Balaban J connectivity index is 2.97. The van der Waals surface area contributed by atoms with Gasteiger partial charge in [0, 0.05) is 26.3 Å². The number of aliphatic hydroxyl groups excluding tert-OH is 1. The molecule has 0 bridgehead atoms. The van der Waals surface area contributed by atoms with E-state index in [0.717, 1.165) is 13.0 Å². The molecule has 0 aliphatic rings. The number of ether oxygens (including phenoxy) is 2. The molecule has 1 atom stereocenters. The topological polar surface area (TPSA) is 50.7 Å². The predicted octanol–water partition coefficient (Wildman–Crippen LogP) is 0.00990. The van der Waals surface area contributed by atoms with Gasteiger partial charge in [0.05, 0.1) is 19.8 Å². The van der Waals surface area contributed by atoms with Gasteiger partial charge < -0.3 is 19.9 Å². The van der Waals surface area contributed by atoms with Crippen LogP contribution in [-0.4, -0.2) is 51.2 Å². The normalized spacial score (nSPS) is 13.2. The van der Waals surface area contributed by atoms with Gasteiger partial charge in [-0.05, 0) is 13.3 Å². The molecule has 0 amide bonds. The summed E-state index contributed by atoms with van der Waals surface area (Å²) < 4.78 is 10.1. The lowest BCUT2D eigenvalue weighted by Gasteiger charge is -2.11. The van der Waals surface area contributed by atoms with Gasteiger partial charge in [-0.3, -0.25) is 0 Å². The Labute approximate surface area is 80.2 Å². The highest BCUT2D eigenvalue weighted by Crippen LogP contribution is 1.87. The molecule has 80 valence electrons. The van der Waals surface area contributed by atoms with Crippen LogP contribution in [-0.2, 0) is 9.47 Å². The summed E-state index contributed by atoms with van der Waals surface area (Å²) in [5.74, 6) is 0. The molecule has 0 aliphatic carbocycles. The average Bonchev–Trinajstić information content (AvgIpc) is 2.11. The van der Waals surface area contributed by atoms with Crippen molar-refractivity contribution in [3.05, 3.63) is 0 Å². The molecule has 0 rings (SSSR count). The van der Waals surface area contributed by atoms with Gasteiger partial charge in [-0.1, -0.05) is 0 Å². The summed E-state index contributed by atoms with van der Waals surface area (Å²) in [5, 5.41) is 11.9. The van der Waals surface area contributed by atoms with Gasteiger partial charge in [0.1, 0.15) is 0 Å². The largest absolute Gasteiger partial charge is 0.396 e. The van der Waals surface area contributed by atoms with E-state index in [4.69, 9.17) is 14.6 Å². The summed E-state index contributed by atoms with van der Waals surface area (Å²) >= 11 is 0. The first-order valence-corrected chi connectivity index (χ1v) is 4.72. The molecular weight excluding hydrogens is 170 g/mol. The molecule has 0 aromatic heterocycles. The first-order chi connectivity index (χ1) is 6.31. The monoisotopic (exact) mass is 191 g/mol. The number of hydrogen-bond donors (Lipinski definition) is 2. The van der Waals surface area contributed by atoms with Crippen molar-refractivity contribution in [2.45, 2.75) is 19.4 Å². The van der Waals surface area contributed by atoms with Crippen molar-refractivity contribution >= 4 is 0 Å². The molecular formula is C9H21NO3. The molecule has 0 aromatic carbocycles. The van der Waals surface area contributed by atoms with Crippen LogP contribution in [0, 0.1) is 0 Å². The third kappa shape index (κ3) is 9.76. The Morgan fingerprint density at radius 2 is 2.08 bits per heavy atom. The minimum atomic E-state index is 0.235. The maximum absolute atomic E-state index is 8.62. The lowest BCUT2D eigenvalue weighted by atomic mass is 10.2. The Kier molecular flexibility index (Phi) is 9.80. The van der Waals surface area contributed by atoms with Crippen molar-refractivity contribution in [1.82, 2.24) is 5.32 Å². The average molecular weight is 191 g/mol. The van der Waals surface area contributed by atoms with Crippen LogP contribution in [0.3, 0.4) is 0 Å². The summed E-state index contributed by atoms with van der Waals surface area (Å²) in [6, 6.07) is 0.357.